The van der Waals surface area contributed by atoms with Crippen LogP contribution in [0.1, 0.15) is 27.3 Å². The van der Waals surface area contributed by atoms with Crippen LogP contribution in [-0.4, -0.2) is 22.4 Å². The summed E-state index contributed by atoms with van der Waals surface area (Å²) in [6.45, 7) is 4.48. The van der Waals surface area contributed by atoms with Gasteiger partial charge >= 0.3 is 0 Å². The number of halogens is 1. The number of nitrogens with zero attached hydrogens (tertiary/aromatic N) is 3. The van der Waals surface area contributed by atoms with Gasteiger partial charge in [-0.15, -0.1) is 0 Å². The molecule has 1 amide bonds. The van der Waals surface area contributed by atoms with Crippen LogP contribution >= 0.6 is 11.6 Å². The fourth-order valence-corrected chi connectivity index (χ4v) is 3.54. The first kappa shape index (κ1) is 17.5. The molecule has 27 heavy (non-hydrogen) atoms. The highest BCUT2D eigenvalue weighted by atomic mass is 35.5. The second kappa shape index (κ2) is 7.00. The molecule has 6 heteroatoms. The molecule has 2 aromatic carbocycles. The smallest absolute Gasteiger partial charge is 0.277 e. The molecule has 1 aliphatic heterocycles. The average Bonchev–Trinajstić information content (AvgIpc) is 3.07. The monoisotopic (exact) mass is 378 g/mol. The van der Waals surface area contributed by atoms with Gasteiger partial charge in [0.05, 0.1) is 0 Å². The lowest BCUT2D eigenvalue weighted by atomic mass is 10.2. The van der Waals surface area contributed by atoms with E-state index < -0.39 is 0 Å². The zero-order valence-corrected chi connectivity index (χ0v) is 15.9. The predicted molar refractivity (Wildman–Crippen MR) is 108 cm³/mol. The summed E-state index contributed by atoms with van der Waals surface area (Å²) >= 11 is 6.02. The lowest BCUT2D eigenvalue weighted by Gasteiger charge is -2.17. The highest BCUT2D eigenvalue weighted by Crippen LogP contribution is 2.29. The highest BCUT2D eigenvalue weighted by Gasteiger charge is 2.26. The van der Waals surface area contributed by atoms with Gasteiger partial charge in [0.1, 0.15) is 5.69 Å². The topological polar surface area (TPSA) is 58.1 Å². The Balaban J connectivity index is 1.64. The standard InChI is InChI=1S/C21H19ClN4O/c1-13-11-16(22)7-8-17(13)24-21-23-14(2)12-18(25-21)20(27)26-10-9-15-5-3-4-6-19(15)26/h3-8,11-12H,9-10H2,1-2H3,(H,23,24,25). The van der Waals surface area contributed by atoms with Crippen LogP contribution in [-0.2, 0) is 6.42 Å². The lowest BCUT2D eigenvalue weighted by Crippen LogP contribution is -2.30. The zero-order chi connectivity index (χ0) is 19.0. The van der Waals surface area contributed by atoms with E-state index in [0.717, 1.165) is 29.1 Å². The predicted octanol–water partition coefficient (Wildman–Crippen LogP) is 4.69. The van der Waals surface area contributed by atoms with Gasteiger partial charge in [-0.3, -0.25) is 4.79 Å². The summed E-state index contributed by atoms with van der Waals surface area (Å²) < 4.78 is 0. The fourth-order valence-electron chi connectivity index (χ4n) is 3.31. The minimum absolute atomic E-state index is 0.110. The Hall–Kier alpha value is -2.92. The van der Waals surface area contributed by atoms with Crippen molar-refractivity contribution in [2.75, 3.05) is 16.8 Å². The molecule has 0 fully saturated rings. The highest BCUT2D eigenvalue weighted by molar-refractivity contribution is 6.30. The van der Waals surface area contributed by atoms with E-state index in [1.54, 1.807) is 17.0 Å². The Morgan fingerprint density at radius 1 is 1.11 bits per heavy atom. The number of aryl methyl sites for hydroxylation is 2. The van der Waals surface area contributed by atoms with Crippen molar-refractivity contribution in [3.05, 3.63) is 76.1 Å². The molecule has 0 unspecified atom stereocenters. The van der Waals surface area contributed by atoms with Crippen LogP contribution in [0.3, 0.4) is 0 Å². The van der Waals surface area contributed by atoms with Crippen molar-refractivity contribution in [2.24, 2.45) is 0 Å². The number of para-hydroxylation sites is 1. The first-order valence-corrected chi connectivity index (χ1v) is 9.18. The minimum Gasteiger partial charge on any atom is -0.324 e. The fraction of sp³-hybridized carbons (Fsp3) is 0.190. The van der Waals surface area contributed by atoms with Crippen molar-refractivity contribution in [3.8, 4) is 0 Å². The Morgan fingerprint density at radius 2 is 1.93 bits per heavy atom. The molecule has 3 aromatic rings. The molecule has 4 rings (SSSR count). The second-order valence-electron chi connectivity index (χ2n) is 6.64. The number of rotatable bonds is 3. The first-order chi connectivity index (χ1) is 13.0. The number of hydrogen-bond donors (Lipinski definition) is 1. The first-order valence-electron chi connectivity index (χ1n) is 8.80. The Kier molecular flexibility index (Phi) is 4.54. The van der Waals surface area contributed by atoms with Crippen LogP contribution in [0.25, 0.3) is 0 Å². The molecule has 5 nitrogen and oxygen atoms in total. The molecule has 0 saturated heterocycles. The largest absolute Gasteiger partial charge is 0.324 e. The zero-order valence-electron chi connectivity index (χ0n) is 15.2. The van der Waals surface area contributed by atoms with Gasteiger partial charge in [-0.2, -0.15) is 0 Å². The van der Waals surface area contributed by atoms with Crippen LogP contribution in [0.4, 0.5) is 17.3 Å². The van der Waals surface area contributed by atoms with Crippen LogP contribution in [0.5, 0.6) is 0 Å². The Bertz CT molecular complexity index is 1030. The van der Waals surface area contributed by atoms with Crippen molar-refractivity contribution < 1.29 is 4.79 Å². The van der Waals surface area contributed by atoms with E-state index >= 15 is 0 Å². The maximum Gasteiger partial charge on any atom is 0.277 e. The van der Waals surface area contributed by atoms with Crippen molar-refractivity contribution in [2.45, 2.75) is 20.3 Å². The summed E-state index contributed by atoms with van der Waals surface area (Å²) in [6, 6.07) is 15.3. The maximum atomic E-state index is 13.1. The molecule has 0 aliphatic carbocycles. The van der Waals surface area contributed by atoms with E-state index in [-0.39, 0.29) is 5.91 Å². The van der Waals surface area contributed by atoms with Crippen LogP contribution in [0.15, 0.2) is 48.5 Å². The molecular formula is C21H19ClN4O. The number of nitrogens with one attached hydrogen (secondary N) is 1. The van der Waals surface area contributed by atoms with Gasteiger partial charge in [-0.1, -0.05) is 29.8 Å². The van der Waals surface area contributed by atoms with E-state index in [1.165, 1.54) is 5.56 Å². The maximum absolute atomic E-state index is 13.1. The number of aromatic nitrogens is 2. The summed E-state index contributed by atoms with van der Waals surface area (Å²) in [4.78, 5) is 23.7. The van der Waals surface area contributed by atoms with Crippen molar-refractivity contribution in [1.82, 2.24) is 9.97 Å². The molecule has 0 saturated carbocycles. The van der Waals surface area contributed by atoms with Crippen molar-refractivity contribution in [1.29, 1.82) is 0 Å². The van der Waals surface area contributed by atoms with Gasteiger partial charge in [-0.25, -0.2) is 9.97 Å². The van der Waals surface area contributed by atoms with E-state index in [1.807, 2.05) is 44.2 Å². The normalized spacial score (nSPS) is 12.8. The summed E-state index contributed by atoms with van der Waals surface area (Å²) in [5, 5.41) is 3.87. The number of benzene rings is 2. The number of hydrogen-bond acceptors (Lipinski definition) is 4. The minimum atomic E-state index is -0.110. The van der Waals surface area contributed by atoms with Crippen LogP contribution in [0.2, 0.25) is 5.02 Å². The van der Waals surface area contributed by atoms with Gasteiger partial charge in [0, 0.05) is 28.6 Å². The lowest BCUT2D eigenvalue weighted by molar-refractivity contribution is 0.0984. The molecule has 1 aromatic heterocycles. The number of carbonyl (C=O) groups excluding carboxylic acids is 1. The third kappa shape index (κ3) is 3.51. The number of amides is 1. The van der Waals surface area contributed by atoms with E-state index in [0.29, 0.717) is 23.2 Å². The van der Waals surface area contributed by atoms with Crippen LogP contribution < -0.4 is 10.2 Å². The molecule has 1 N–H and O–H groups in total. The summed E-state index contributed by atoms with van der Waals surface area (Å²) in [5.41, 5.74) is 5.10. The third-order valence-corrected chi connectivity index (χ3v) is 4.88. The molecule has 0 radical (unpaired) electrons. The summed E-state index contributed by atoms with van der Waals surface area (Å²) in [7, 11) is 0. The van der Waals surface area contributed by atoms with Gasteiger partial charge in [-0.05, 0) is 61.7 Å². The SMILES string of the molecule is Cc1cc(C(=O)N2CCc3ccccc32)nc(Nc2ccc(Cl)cc2C)n1. The second-order valence-corrected chi connectivity index (χ2v) is 7.07. The molecule has 0 spiro atoms. The van der Waals surface area contributed by atoms with E-state index in [9.17, 15) is 4.79 Å². The molecule has 136 valence electrons. The van der Waals surface area contributed by atoms with Crippen LogP contribution in [0, 0.1) is 13.8 Å². The van der Waals surface area contributed by atoms with Gasteiger partial charge < -0.3 is 10.2 Å². The Morgan fingerprint density at radius 3 is 2.74 bits per heavy atom. The quantitative estimate of drug-likeness (QED) is 0.718. The Labute approximate surface area is 163 Å². The number of fused-ring (bicyclic) bond motifs is 1. The molecular weight excluding hydrogens is 360 g/mol. The van der Waals surface area contributed by atoms with E-state index in [2.05, 4.69) is 21.4 Å². The van der Waals surface area contributed by atoms with Crippen molar-refractivity contribution >= 4 is 34.8 Å². The summed E-state index contributed by atoms with van der Waals surface area (Å²) in [5.74, 6) is 0.289. The van der Waals surface area contributed by atoms with Gasteiger partial charge in [0.15, 0.2) is 0 Å². The molecule has 2 heterocycles. The number of carbonyl (C=O) groups is 1. The molecule has 1 aliphatic rings. The number of anilines is 3. The van der Waals surface area contributed by atoms with Crippen molar-refractivity contribution in [3.63, 3.8) is 0 Å². The average molecular weight is 379 g/mol. The summed E-state index contributed by atoms with van der Waals surface area (Å²) in [6.07, 6.45) is 0.862. The third-order valence-electron chi connectivity index (χ3n) is 4.64. The van der Waals surface area contributed by atoms with E-state index in [4.69, 9.17) is 11.6 Å². The van der Waals surface area contributed by atoms with Gasteiger partial charge in [0.2, 0.25) is 5.95 Å². The molecule has 0 bridgehead atoms. The molecule has 0 atom stereocenters. The van der Waals surface area contributed by atoms with Gasteiger partial charge in [0.25, 0.3) is 5.91 Å².